The van der Waals surface area contributed by atoms with E-state index in [1.807, 2.05) is 22.6 Å². The van der Waals surface area contributed by atoms with Crippen molar-refractivity contribution in [1.29, 1.82) is 0 Å². The van der Waals surface area contributed by atoms with Crippen LogP contribution in [0.3, 0.4) is 0 Å². The van der Waals surface area contributed by atoms with Crippen LogP contribution in [0.4, 0.5) is 17.2 Å². The number of anilines is 2. The molecular weight excluding hydrogens is 403 g/mol. The van der Waals surface area contributed by atoms with Crippen molar-refractivity contribution in [1.82, 2.24) is 5.16 Å². The Balaban J connectivity index is 2.10. The van der Waals surface area contributed by atoms with Crippen LogP contribution in [0.15, 0.2) is 28.8 Å². The Labute approximate surface area is 139 Å². The molecule has 116 valence electrons. The number of amides is 1. The van der Waals surface area contributed by atoms with Gasteiger partial charge in [-0.25, -0.2) is 0 Å². The minimum Gasteiger partial charge on any atom is -0.360 e. The van der Waals surface area contributed by atoms with E-state index in [-0.39, 0.29) is 18.1 Å². The zero-order chi connectivity index (χ0) is 16.3. The fourth-order valence-electron chi connectivity index (χ4n) is 1.87. The zero-order valence-electron chi connectivity index (χ0n) is 11.9. The first kappa shape index (κ1) is 16.2. The number of carbonyl (C=O) groups excluding carboxylic acids is 1. The molecule has 1 aromatic carbocycles. The Bertz CT molecular complexity index is 716. The highest BCUT2D eigenvalue weighted by molar-refractivity contribution is 14.1. The highest BCUT2D eigenvalue weighted by Gasteiger charge is 2.19. The summed E-state index contributed by atoms with van der Waals surface area (Å²) >= 11 is 2.00. The summed E-state index contributed by atoms with van der Waals surface area (Å²) in [5, 5.41) is 17.3. The third-order valence-corrected chi connectivity index (χ3v) is 3.49. The van der Waals surface area contributed by atoms with Crippen molar-refractivity contribution in [2.24, 2.45) is 0 Å². The van der Waals surface area contributed by atoms with Crippen molar-refractivity contribution >= 4 is 45.7 Å². The van der Waals surface area contributed by atoms with Gasteiger partial charge in [0.05, 0.1) is 11.5 Å². The molecule has 9 heteroatoms. The highest BCUT2D eigenvalue weighted by Crippen LogP contribution is 2.28. The molecule has 0 spiro atoms. The Morgan fingerprint density at radius 3 is 2.82 bits per heavy atom. The molecule has 0 atom stereocenters. The van der Waals surface area contributed by atoms with Crippen LogP contribution in [0.1, 0.15) is 5.76 Å². The first-order valence-corrected chi connectivity index (χ1v) is 7.33. The molecule has 0 aliphatic carbocycles. The summed E-state index contributed by atoms with van der Waals surface area (Å²) in [6, 6.07) is 6.42. The Morgan fingerprint density at radius 1 is 1.50 bits per heavy atom. The van der Waals surface area contributed by atoms with Crippen LogP contribution >= 0.6 is 22.6 Å². The molecule has 1 amide bonds. The van der Waals surface area contributed by atoms with Crippen LogP contribution < -0.4 is 10.2 Å². The largest absolute Gasteiger partial charge is 0.360 e. The molecular formula is C13H13IN4O4. The normalized spacial score (nSPS) is 10.3. The minimum absolute atomic E-state index is 0.0421. The third-order valence-electron chi connectivity index (χ3n) is 2.82. The quantitative estimate of drug-likeness (QED) is 0.457. The summed E-state index contributed by atoms with van der Waals surface area (Å²) in [5.74, 6) is 0.550. The van der Waals surface area contributed by atoms with Gasteiger partial charge in [-0.3, -0.25) is 14.9 Å². The fourth-order valence-corrected chi connectivity index (χ4v) is 2.35. The average molecular weight is 416 g/mol. The number of rotatable bonds is 5. The van der Waals surface area contributed by atoms with Crippen LogP contribution in [0.2, 0.25) is 0 Å². The summed E-state index contributed by atoms with van der Waals surface area (Å²) in [6.07, 6.45) is 0. The van der Waals surface area contributed by atoms with Crippen molar-refractivity contribution in [2.45, 2.75) is 6.92 Å². The lowest BCUT2D eigenvalue weighted by Gasteiger charge is -2.18. The molecule has 0 saturated heterocycles. The topological polar surface area (TPSA) is 102 Å². The first-order chi connectivity index (χ1) is 10.4. The minimum atomic E-state index is -0.465. The number of likely N-dealkylation sites (N-methyl/N-ethyl adjacent to an activating group) is 1. The van der Waals surface area contributed by atoms with Gasteiger partial charge < -0.3 is 14.7 Å². The maximum absolute atomic E-state index is 11.9. The maximum atomic E-state index is 11.9. The van der Waals surface area contributed by atoms with Gasteiger partial charge in [0.1, 0.15) is 11.4 Å². The number of nitrogens with one attached hydrogen (secondary N) is 1. The molecule has 0 unspecified atom stereocenters. The summed E-state index contributed by atoms with van der Waals surface area (Å²) in [5.41, 5.74) is 0.330. The zero-order valence-corrected chi connectivity index (χ0v) is 14.0. The van der Waals surface area contributed by atoms with Gasteiger partial charge in [0.2, 0.25) is 5.91 Å². The number of hydrogen-bond donors (Lipinski definition) is 1. The lowest BCUT2D eigenvalue weighted by molar-refractivity contribution is -0.384. The van der Waals surface area contributed by atoms with Gasteiger partial charge in [0, 0.05) is 22.8 Å². The van der Waals surface area contributed by atoms with Crippen molar-refractivity contribution in [3.63, 3.8) is 0 Å². The lowest BCUT2D eigenvalue weighted by atomic mass is 10.2. The summed E-state index contributed by atoms with van der Waals surface area (Å²) in [7, 11) is 1.61. The second kappa shape index (κ2) is 6.73. The van der Waals surface area contributed by atoms with Gasteiger partial charge >= 0.3 is 0 Å². The SMILES string of the molecule is Cc1cc(NC(=O)CN(C)c2ccc(I)cc2[N+](=O)[O-])no1. The molecule has 22 heavy (non-hydrogen) atoms. The lowest BCUT2D eigenvalue weighted by Crippen LogP contribution is -2.30. The number of halogens is 1. The van der Waals surface area contributed by atoms with E-state index >= 15 is 0 Å². The molecule has 0 aliphatic rings. The van der Waals surface area contributed by atoms with Gasteiger partial charge in [-0.15, -0.1) is 0 Å². The molecule has 1 heterocycles. The fraction of sp³-hybridized carbons (Fsp3) is 0.231. The van der Waals surface area contributed by atoms with E-state index in [1.54, 1.807) is 32.2 Å². The third kappa shape index (κ3) is 3.93. The molecule has 8 nitrogen and oxygen atoms in total. The first-order valence-electron chi connectivity index (χ1n) is 6.25. The van der Waals surface area contributed by atoms with Crippen LogP contribution in [0.5, 0.6) is 0 Å². The predicted octanol–water partition coefficient (Wildman–Crippen LogP) is 2.57. The molecule has 2 aromatic rings. The van der Waals surface area contributed by atoms with Crippen LogP contribution in [0, 0.1) is 20.6 Å². The van der Waals surface area contributed by atoms with Gasteiger partial charge in [0.25, 0.3) is 5.69 Å². The monoisotopic (exact) mass is 416 g/mol. The number of nitrogens with zero attached hydrogens (tertiary/aromatic N) is 3. The smallest absolute Gasteiger partial charge is 0.293 e. The molecule has 1 aromatic heterocycles. The van der Waals surface area contributed by atoms with Gasteiger partial charge in [-0.1, -0.05) is 5.16 Å². The van der Waals surface area contributed by atoms with E-state index in [0.717, 1.165) is 3.57 Å². The van der Waals surface area contributed by atoms with Crippen molar-refractivity contribution in [2.75, 3.05) is 23.8 Å². The Kier molecular flexibility index (Phi) is 4.96. The average Bonchev–Trinajstić information content (AvgIpc) is 2.83. The number of benzene rings is 1. The van der Waals surface area contributed by atoms with Gasteiger partial charge in [-0.05, 0) is 41.6 Å². The van der Waals surface area contributed by atoms with Crippen molar-refractivity contribution in [3.05, 3.63) is 43.7 Å². The summed E-state index contributed by atoms with van der Waals surface area (Å²) in [6.45, 7) is 1.66. The van der Waals surface area contributed by atoms with Crippen molar-refractivity contribution < 1.29 is 14.2 Å². The van der Waals surface area contributed by atoms with E-state index in [0.29, 0.717) is 17.3 Å². The Morgan fingerprint density at radius 2 is 2.23 bits per heavy atom. The molecule has 1 N–H and O–H groups in total. The summed E-state index contributed by atoms with van der Waals surface area (Å²) in [4.78, 5) is 24.1. The van der Waals surface area contributed by atoms with E-state index in [4.69, 9.17) is 4.52 Å². The highest BCUT2D eigenvalue weighted by atomic mass is 127. The van der Waals surface area contributed by atoms with Crippen molar-refractivity contribution in [3.8, 4) is 0 Å². The molecule has 0 bridgehead atoms. The summed E-state index contributed by atoms with van der Waals surface area (Å²) < 4.78 is 5.60. The predicted molar refractivity (Wildman–Crippen MR) is 89.0 cm³/mol. The number of hydrogen-bond acceptors (Lipinski definition) is 6. The van der Waals surface area contributed by atoms with Gasteiger partial charge in [0.15, 0.2) is 5.82 Å². The van der Waals surface area contributed by atoms with E-state index in [9.17, 15) is 14.9 Å². The number of aromatic nitrogens is 1. The second-order valence-corrected chi connectivity index (χ2v) is 5.86. The second-order valence-electron chi connectivity index (χ2n) is 4.62. The standard InChI is InChI=1S/C13H13IN4O4/c1-8-5-12(16-22-8)15-13(19)7-17(2)10-4-3-9(14)6-11(10)18(20)21/h3-6H,7H2,1-2H3,(H,15,16,19). The molecule has 0 aliphatic heterocycles. The molecule has 0 fully saturated rings. The van der Waals surface area contributed by atoms with E-state index in [1.165, 1.54) is 11.0 Å². The van der Waals surface area contributed by atoms with Crippen LogP contribution in [-0.4, -0.2) is 29.6 Å². The number of carbonyl (C=O) groups is 1. The number of aryl methyl sites for hydroxylation is 1. The molecule has 2 rings (SSSR count). The van der Waals surface area contributed by atoms with Crippen LogP contribution in [-0.2, 0) is 4.79 Å². The van der Waals surface area contributed by atoms with E-state index in [2.05, 4.69) is 10.5 Å². The number of nitro benzene ring substituents is 1. The maximum Gasteiger partial charge on any atom is 0.293 e. The van der Waals surface area contributed by atoms with E-state index < -0.39 is 4.92 Å². The molecule has 0 radical (unpaired) electrons. The van der Waals surface area contributed by atoms with Crippen LogP contribution in [0.25, 0.3) is 0 Å². The Hall–Kier alpha value is -2.17. The molecule has 0 saturated carbocycles. The van der Waals surface area contributed by atoms with Gasteiger partial charge in [-0.2, -0.15) is 0 Å². The number of nitro groups is 1.